The van der Waals surface area contributed by atoms with Gasteiger partial charge in [-0.25, -0.2) is 0 Å². The Morgan fingerprint density at radius 2 is 1.76 bits per heavy atom. The lowest BCUT2D eigenvalue weighted by molar-refractivity contribution is -0.123. The summed E-state index contributed by atoms with van der Waals surface area (Å²) < 4.78 is 5.29. The molecule has 0 heterocycles. The summed E-state index contributed by atoms with van der Waals surface area (Å²) in [6.45, 7) is -0.107. The van der Waals surface area contributed by atoms with Crippen molar-refractivity contribution in [1.29, 1.82) is 0 Å². The number of hydrogen-bond acceptors (Lipinski definition) is 5. The molecular formula is C13H18N4O4. The van der Waals surface area contributed by atoms with Gasteiger partial charge >= 0.3 is 0 Å². The van der Waals surface area contributed by atoms with Crippen molar-refractivity contribution < 1.29 is 19.1 Å². The lowest BCUT2D eigenvalue weighted by Gasteiger charge is -2.08. The van der Waals surface area contributed by atoms with Gasteiger partial charge in [-0.1, -0.05) is 0 Å². The highest BCUT2D eigenvalue weighted by molar-refractivity contribution is 5.94. The maximum Gasteiger partial charge on any atom is 0.243 e. The van der Waals surface area contributed by atoms with Gasteiger partial charge in [0.1, 0.15) is 5.75 Å². The van der Waals surface area contributed by atoms with Gasteiger partial charge in [0.15, 0.2) is 0 Å². The summed E-state index contributed by atoms with van der Waals surface area (Å²) in [6, 6.07) is 6.58. The number of anilines is 1. The van der Waals surface area contributed by atoms with Crippen LogP contribution in [-0.4, -0.2) is 37.4 Å². The average Bonchev–Trinajstić information content (AvgIpc) is 2.46. The highest BCUT2D eigenvalue weighted by Gasteiger charge is 2.04. The van der Waals surface area contributed by atoms with Crippen molar-refractivity contribution in [3.8, 4) is 5.75 Å². The van der Waals surface area contributed by atoms with Crippen LogP contribution in [0.1, 0.15) is 6.42 Å². The molecule has 0 fully saturated rings. The van der Waals surface area contributed by atoms with E-state index >= 15 is 0 Å². The molecule has 1 aromatic carbocycles. The van der Waals surface area contributed by atoms with Crippen LogP contribution in [0.3, 0.4) is 0 Å². The molecule has 21 heavy (non-hydrogen) atoms. The molecule has 0 saturated carbocycles. The number of rotatable bonds is 8. The second-order valence-electron chi connectivity index (χ2n) is 4.12. The van der Waals surface area contributed by atoms with Gasteiger partial charge in [0.05, 0.1) is 26.1 Å². The Morgan fingerprint density at radius 3 is 2.33 bits per heavy atom. The van der Waals surface area contributed by atoms with Crippen LogP contribution in [0.2, 0.25) is 0 Å². The van der Waals surface area contributed by atoms with Crippen molar-refractivity contribution in [2.75, 3.05) is 25.0 Å². The van der Waals surface area contributed by atoms with Gasteiger partial charge in [-0.2, -0.15) is 0 Å². The SMILES string of the molecule is NCC(=O)NCC(=O)Nc1ccc(OCCC(N)=O)cc1. The second-order valence-corrected chi connectivity index (χ2v) is 4.12. The highest BCUT2D eigenvalue weighted by atomic mass is 16.5. The first-order valence-electron chi connectivity index (χ1n) is 6.29. The first kappa shape index (κ1) is 16.4. The third kappa shape index (κ3) is 6.92. The number of ether oxygens (including phenoxy) is 1. The maximum atomic E-state index is 11.5. The fourth-order valence-electron chi connectivity index (χ4n) is 1.36. The zero-order valence-electron chi connectivity index (χ0n) is 11.4. The molecule has 114 valence electrons. The molecule has 0 aliphatic carbocycles. The second kappa shape index (κ2) is 8.54. The Bertz CT molecular complexity index is 501. The quantitative estimate of drug-likeness (QED) is 0.485. The Labute approximate surface area is 121 Å². The standard InChI is InChI=1S/C13H18N4O4/c14-7-12(19)16-8-13(20)17-9-1-3-10(4-2-9)21-6-5-11(15)18/h1-4H,5-8,14H2,(H2,15,18)(H,16,19)(H,17,20). The van der Waals surface area contributed by atoms with Crippen LogP contribution < -0.4 is 26.8 Å². The minimum absolute atomic E-state index is 0.138. The number of nitrogens with one attached hydrogen (secondary N) is 2. The number of carbonyl (C=O) groups excluding carboxylic acids is 3. The molecule has 6 N–H and O–H groups in total. The number of amides is 3. The predicted molar refractivity (Wildman–Crippen MR) is 76.4 cm³/mol. The molecule has 1 aromatic rings. The Kier molecular flexibility index (Phi) is 6.69. The summed E-state index contributed by atoms with van der Waals surface area (Å²) in [4.78, 5) is 33.0. The molecule has 0 aromatic heterocycles. The van der Waals surface area contributed by atoms with Crippen LogP contribution >= 0.6 is 0 Å². The predicted octanol–water partition coefficient (Wildman–Crippen LogP) is -1.05. The summed E-state index contributed by atoms with van der Waals surface area (Å²) in [7, 11) is 0. The van der Waals surface area contributed by atoms with E-state index in [0.717, 1.165) is 0 Å². The third-order valence-electron chi connectivity index (χ3n) is 2.39. The fourth-order valence-corrected chi connectivity index (χ4v) is 1.36. The molecule has 8 heteroatoms. The first-order valence-corrected chi connectivity index (χ1v) is 6.29. The zero-order valence-corrected chi connectivity index (χ0v) is 11.4. The fraction of sp³-hybridized carbons (Fsp3) is 0.308. The molecule has 1 rings (SSSR count). The summed E-state index contributed by atoms with van der Waals surface area (Å²) in [5.74, 6) is -0.633. The van der Waals surface area contributed by atoms with Crippen molar-refractivity contribution in [3.63, 3.8) is 0 Å². The Morgan fingerprint density at radius 1 is 1.10 bits per heavy atom. The lowest BCUT2D eigenvalue weighted by atomic mass is 10.3. The molecule has 0 aliphatic heterocycles. The van der Waals surface area contributed by atoms with E-state index in [9.17, 15) is 14.4 Å². The summed E-state index contributed by atoms with van der Waals surface area (Å²) >= 11 is 0. The number of primary amides is 1. The van der Waals surface area contributed by atoms with Gasteiger partial charge in [-0.05, 0) is 24.3 Å². The van der Waals surface area contributed by atoms with E-state index in [-0.39, 0.29) is 32.0 Å². The smallest absolute Gasteiger partial charge is 0.243 e. The number of benzene rings is 1. The molecule has 0 bridgehead atoms. The van der Waals surface area contributed by atoms with Gasteiger partial charge in [-0.3, -0.25) is 14.4 Å². The van der Waals surface area contributed by atoms with Crippen LogP contribution in [0.15, 0.2) is 24.3 Å². The van der Waals surface area contributed by atoms with E-state index in [2.05, 4.69) is 10.6 Å². The van der Waals surface area contributed by atoms with Gasteiger partial charge in [0.25, 0.3) is 0 Å². The number of nitrogens with two attached hydrogens (primary N) is 2. The number of hydrogen-bond donors (Lipinski definition) is 4. The van der Waals surface area contributed by atoms with Crippen molar-refractivity contribution in [1.82, 2.24) is 5.32 Å². The van der Waals surface area contributed by atoms with Gasteiger partial charge in [0.2, 0.25) is 17.7 Å². The summed E-state index contributed by atoms with van der Waals surface area (Å²) in [6.07, 6.45) is 0.138. The highest BCUT2D eigenvalue weighted by Crippen LogP contribution is 2.15. The van der Waals surface area contributed by atoms with Crippen LogP contribution in [0, 0.1) is 0 Å². The Hall–Kier alpha value is -2.61. The average molecular weight is 294 g/mol. The van der Waals surface area contributed by atoms with E-state index < -0.39 is 11.8 Å². The van der Waals surface area contributed by atoms with Crippen LogP contribution in [0.25, 0.3) is 0 Å². The Balaban J connectivity index is 2.38. The van der Waals surface area contributed by atoms with Crippen LogP contribution in [0.4, 0.5) is 5.69 Å². The first-order chi connectivity index (χ1) is 10.0. The van der Waals surface area contributed by atoms with Crippen molar-refractivity contribution in [2.45, 2.75) is 6.42 Å². The lowest BCUT2D eigenvalue weighted by Crippen LogP contribution is -2.36. The maximum absolute atomic E-state index is 11.5. The summed E-state index contributed by atoms with van der Waals surface area (Å²) in [5, 5.41) is 4.96. The molecule has 0 aliphatic rings. The van der Waals surface area contributed by atoms with E-state index in [0.29, 0.717) is 11.4 Å². The molecule has 0 saturated heterocycles. The van der Waals surface area contributed by atoms with E-state index in [1.165, 1.54) is 0 Å². The van der Waals surface area contributed by atoms with Crippen LogP contribution in [0.5, 0.6) is 5.75 Å². The molecule has 0 unspecified atom stereocenters. The minimum atomic E-state index is -0.432. The monoisotopic (exact) mass is 294 g/mol. The van der Waals surface area contributed by atoms with Crippen molar-refractivity contribution >= 4 is 23.4 Å². The van der Waals surface area contributed by atoms with Crippen molar-refractivity contribution in [2.24, 2.45) is 11.5 Å². The molecule has 8 nitrogen and oxygen atoms in total. The van der Waals surface area contributed by atoms with E-state index in [1.807, 2.05) is 0 Å². The molecule has 0 radical (unpaired) electrons. The summed E-state index contributed by atoms with van der Waals surface area (Å²) in [5.41, 5.74) is 10.7. The normalized spacial score (nSPS) is 9.76. The molecule has 3 amide bonds. The number of carbonyl (C=O) groups is 3. The topological polar surface area (TPSA) is 137 Å². The molecule has 0 spiro atoms. The van der Waals surface area contributed by atoms with E-state index in [4.69, 9.17) is 16.2 Å². The van der Waals surface area contributed by atoms with Crippen molar-refractivity contribution in [3.05, 3.63) is 24.3 Å². The van der Waals surface area contributed by atoms with Gasteiger partial charge in [0, 0.05) is 5.69 Å². The van der Waals surface area contributed by atoms with Crippen LogP contribution in [-0.2, 0) is 14.4 Å². The third-order valence-corrected chi connectivity index (χ3v) is 2.39. The van der Waals surface area contributed by atoms with E-state index in [1.54, 1.807) is 24.3 Å². The minimum Gasteiger partial charge on any atom is -0.493 e. The zero-order chi connectivity index (χ0) is 15.7. The largest absolute Gasteiger partial charge is 0.493 e. The van der Waals surface area contributed by atoms with Gasteiger partial charge < -0.3 is 26.8 Å². The molecular weight excluding hydrogens is 276 g/mol. The molecule has 0 atom stereocenters. The van der Waals surface area contributed by atoms with Gasteiger partial charge in [-0.15, -0.1) is 0 Å².